The molecular weight excluding hydrogens is 394 g/mol. The Balaban J connectivity index is 2.18. The maximum Gasteiger partial charge on any atom is 0.196 e. The average molecular weight is 407 g/mol. The summed E-state index contributed by atoms with van der Waals surface area (Å²) in [7, 11) is 1.97. The van der Waals surface area contributed by atoms with Crippen LogP contribution in [0.25, 0.3) is 10.9 Å². The molecule has 2 aromatic carbocycles. The molecule has 0 aliphatic rings. The molecule has 0 bridgehead atoms. The Morgan fingerprint density at radius 2 is 1.81 bits per heavy atom. The van der Waals surface area contributed by atoms with E-state index < -0.39 is 0 Å². The molecular formula is C17H13Br2NO. The molecule has 0 amide bonds. The molecule has 0 aliphatic heterocycles. The summed E-state index contributed by atoms with van der Waals surface area (Å²) >= 11 is 6.88. The molecule has 0 radical (unpaired) electrons. The summed E-state index contributed by atoms with van der Waals surface area (Å²) in [6.45, 7) is 2.05. The van der Waals surface area contributed by atoms with Gasteiger partial charge in [0.05, 0.1) is 0 Å². The highest BCUT2D eigenvalue weighted by Gasteiger charge is 2.18. The lowest BCUT2D eigenvalue weighted by molar-refractivity contribution is 0.103. The van der Waals surface area contributed by atoms with Crippen molar-refractivity contribution < 1.29 is 4.79 Å². The van der Waals surface area contributed by atoms with Crippen molar-refractivity contribution in [3.05, 3.63) is 68.2 Å². The molecule has 0 unspecified atom stereocenters. The lowest BCUT2D eigenvalue weighted by Crippen LogP contribution is -2.01. The minimum absolute atomic E-state index is 0.0313. The lowest BCUT2D eigenvalue weighted by atomic mass is 10.0. The predicted molar refractivity (Wildman–Crippen MR) is 92.9 cm³/mol. The topological polar surface area (TPSA) is 22.0 Å². The third-order valence-corrected chi connectivity index (χ3v) is 4.72. The number of benzene rings is 2. The third kappa shape index (κ3) is 2.58. The van der Waals surface area contributed by atoms with Gasteiger partial charge in [-0.25, -0.2) is 0 Å². The molecule has 0 N–H and O–H groups in total. The van der Waals surface area contributed by atoms with E-state index in [2.05, 4.69) is 44.8 Å². The van der Waals surface area contributed by atoms with Gasteiger partial charge in [0.25, 0.3) is 0 Å². The number of fused-ring (bicyclic) bond motifs is 1. The van der Waals surface area contributed by atoms with Gasteiger partial charge < -0.3 is 4.57 Å². The fourth-order valence-corrected chi connectivity index (χ4v) is 3.72. The Bertz CT molecular complexity index is 865. The Labute approximate surface area is 140 Å². The Morgan fingerprint density at radius 3 is 2.52 bits per heavy atom. The van der Waals surface area contributed by atoms with Crippen LogP contribution in [0.5, 0.6) is 0 Å². The molecule has 0 saturated carbocycles. The van der Waals surface area contributed by atoms with Gasteiger partial charge in [-0.2, -0.15) is 0 Å². The number of aromatic nitrogens is 1. The summed E-state index contributed by atoms with van der Waals surface area (Å²) in [5, 5.41) is 0.989. The average Bonchev–Trinajstić information content (AvgIpc) is 2.75. The van der Waals surface area contributed by atoms with E-state index in [1.165, 1.54) is 5.56 Å². The number of nitrogens with zero attached hydrogens (tertiary/aromatic N) is 1. The number of aryl methyl sites for hydroxylation is 2. The Morgan fingerprint density at radius 1 is 1.05 bits per heavy atom. The number of hydrogen-bond donors (Lipinski definition) is 0. The fraction of sp³-hybridized carbons (Fsp3) is 0.118. The highest BCUT2D eigenvalue weighted by molar-refractivity contribution is 9.11. The zero-order valence-electron chi connectivity index (χ0n) is 11.7. The van der Waals surface area contributed by atoms with Gasteiger partial charge in [-0.1, -0.05) is 28.1 Å². The van der Waals surface area contributed by atoms with E-state index in [1.807, 2.05) is 48.1 Å². The second kappa shape index (κ2) is 5.43. The number of carbonyl (C=O) groups excluding carboxylic acids is 1. The first-order valence-electron chi connectivity index (χ1n) is 6.53. The van der Waals surface area contributed by atoms with Crippen molar-refractivity contribution in [3.8, 4) is 0 Å². The molecule has 0 spiro atoms. The summed E-state index contributed by atoms with van der Waals surface area (Å²) in [6, 6.07) is 11.8. The summed E-state index contributed by atoms with van der Waals surface area (Å²) in [4.78, 5) is 12.8. The van der Waals surface area contributed by atoms with Crippen molar-refractivity contribution >= 4 is 48.5 Å². The molecule has 0 atom stereocenters. The van der Waals surface area contributed by atoms with E-state index >= 15 is 0 Å². The molecule has 0 fully saturated rings. The highest BCUT2D eigenvalue weighted by atomic mass is 79.9. The molecule has 3 rings (SSSR count). The minimum Gasteiger partial charge on any atom is -0.350 e. The number of hydrogen-bond acceptors (Lipinski definition) is 1. The van der Waals surface area contributed by atoms with Gasteiger partial charge >= 0.3 is 0 Å². The number of halogens is 2. The zero-order valence-corrected chi connectivity index (χ0v) is 14.8. The molecule has 1 heterocycles. The van der Waals surface area contributed by atoms with Crippen LogP contribution in [0.3, 0.4) is 0 Å². The van der Waals surface area contributed by atoms with Crippen LogP contribution in [-0.4, -0.2) is 10.4 Å². The molecule has 2 nitrogen and oxygen atoms in total. The standard InChI is InChI=1S/C17H13Br2NO/c1-10-3-5-12-14(9-20(2)16(12)7-10)17(21)13-6-4-11(18)8-15(13)19/h3-9H,1-2H3. The number of ketones is 1. The van der Waals surface area contributed by atoms with E-state index in [-0.39, 0.29) is 5.78 Å². The smallest absolute Gasteiger partial charge is 0.196 e. The lowest BCUT2D eigenvalue weighted by Gasteiger charge is -2.04. The predicted octanol–water partition coefficient (Wildman–Crippen LogP) is 5.24. The van der Waals surface area contributed by atoms with Gasteiger partial charge in [0.2, 0.25) is 0 Å². The molecule has 0 saturated heterocycles. The first kappa shape index (κ1) is 14.5. The third-order valence-electron chi connectivity index (χ3n) is 3.57. The van der Waals surface area contributed by atoms with E-state index in [0.717, 1.165) is 25.4 Å². The van der Waals surface area contributed by atoms with Crippen LogP contribution in [0.2, 0.25) is 0 Å². The largest absolute Gasteiger partial charge is 0.350 e. The quantitative estimate of drug-likeness (QED) is 0.533. The fourth-order valence-electron chi connectivity index (χ4n) is 2.49. The van der Waals surface area contributed by atoms with E-state index in [9.17, 15) is 4.79 Å². The van der Waals surface area contributed by atoms with Crippen molar-refractivity contribution in [1.82, 2.24) is 4.57 Å². The van der Waals surface area contributed by atoms with Gasteiger partial charge in [0.15, 0.2) is 5.78 Å². The van der Waals surface area contributed by atoms with Crippen LogP contribution < -0.4 is 0 Å². The van der Waals surface area contributed by atoms with Gasteiger partial charge in [-0.3, -0.25) is 4.79 Å². The van der Waals surface area contributed by atoms with E-state index in [1.54, 1.807) is 0 Å². The van der Waals surface area contributed by atoms with E-state index in [4.69, 9.17) is 0 Å². The maximum absolute atomic E-state index is 12.8. The van der Waals surface area contributed by atoms with E-state index in [0.29, 0.717) is 5.56 Å². The van der Waals surface area contributed by atoms with Crippen molar-refractivity contribution in [1.29, 1.82) is 0 Å². The molecule has 4 heteroatoms. The first-order chi connectivity index (χ1) is 9.97. The minimum atomic E-state index is 0.0313. The van der Waals surface area contributed by atoms with Crippen LogP contribution >= 0.6 is 31.9 Å². The summed E-state index contributed by atoms with van der Waals surface area (Å²) in [5.74, 6) is 0.0313. The Hall–Kier alpha value is -1.39. The van der Waals surface area contributed by atoms with Crippen LogP contribution in [0, 0.1) is 6.92 Å². The molecule has 1 aromatic heterocycles. The molecule has 106 valence electrons. The molecule has 21 heavy (non-hydrogen) atoms. The second-order valence-electron chi connectivity index (χ2n) is 5.13. The SMILES string of the molecule is Cc1ccc2c(C(=O)c3ccc(Br)cc3Br)cn(C)c2c1. The zero-order chi connectivity index (χ0) is 15.1. The van der Waals surface area contributed by atoms with Gasteiger partial charge in [-0.05, 0) is 52.7 Å². The van der Waals surface area contributed by atoms with Crippen molar-refractivity contribution in [2.45, 2.75) is 6.92 Å². The van der Waals surface area contributed by atoms with Crippen molar-refractivity contribution in [2.24, 2.45) is 7.05 Å². The number of rotatable bonds is 2. The monoisotopic (exact) mass is 405 g/mol. The van der Waals surface area contributed by atoms with Gasteiger partial charge in [0, 0.05) is 44.2 Å². The number of carbonyl (C=O) groups is 1. The van der Waals surface area contributed by atoms with Crippen LogP contribution in [0.1, 0.15) is 21.5 Å². The first-order valence-corrected chi connectivity index (χ1v) is 8.11. The second-order valence-corrected chi connectivity index (χ2v) is 6.90. The van der Waals surface area contributed by atoms with Gasteiger partial charge in [0.1, 0.15) is 0 Å². The summed E-state index contributed by atoms with van der Waals surface area (Å²) in [5.41, 5.74) is 3.67. The maximum atomic E-state index is 12.8. The molecule has 3 aromatic rings. The normalized spacial score (nSPS) is 11.0. The Kier molecular flexibility index (Phi) is 3.76. The van der Waals surface area contributed by atoms with Crippen molar-refractivity contribution in [3.63, 3.8) is 0 Å². The van der Waals surface area contributed by atoms with Crippen LogP contribution in [0.15, 0.2) is 51.5 Å². The highest BCUT2D eigenvalue weighted by Crippen LogP contribution is 2.28. The summed E-state index contributed by atoms with van der Waals surface area (Å²) in [6.07, 6.45) is 1.90. The van der Waals surface area contributed by atoms with Crippen LogP contribution in [0.4, 0.5) is 0 Å². The summed E-state index contributed by atoms with van der Waals surface area (Å²) < 4.78 is 3.74. The van der Waals surface area contributed by atoms with Gasteiger partial charge in [-0.15, -0.1) is 0 Å². The van der Waals surface area contributed by atoms with Crippen molar-refractivity contribution in [2.75, 3.05) is 0 Å². The molecule has 0 aliphatic carbocycles. The van der Waals surface area contributed by atoms with Crippen LogP contribution in [-0.2, 0) is 7.05 Å².